The van der Waals surface area contributed by atoms with Gasteiger partial charge >= 0.3 is 6.03 Å². The van der Waals surface area contributed by atoms with Crippen LogP contribution >= 0.6 is 0 Å². The molecule has 0 bridgehead atoms. The van der Waals surface area contributed by atoms with E-state index in [0.29, 0.717) is 32.7 Å². The van der Waals surface area contributed by atoms with Crippen molar-refractivity contribution in [2.45, 2.75) is 39.5 Å². The largest absolute Gasteiger partial charge is 0.382 e. The third kappa shape index (κ3) is 4.31. The second kappa shape index (κ2) is 7.89. The fraction of sp³-hybridized carbons (Fsp3) is 0.769. The fourth-order valence-corrected chi connectivity index (χ4v) is 1.91. The van der Waals surface area contributed by atoms with E-state index in [1.165, 1.54) is 4.90 Å². The molecule has 0 unspecified atom stereocenters. The van der Waals surface area contributed by atoms with Crippen LogP contribution in [0.25, 0.3) is 0 Å². The highest BCUT2D eigenvalue weighted by Crippen LogP contribution is 2.13. The van der Waals surface area contributed by atoms with Crippen molar-refractivity contribution in [2.75, 3.05) is 26.3 Å². The van der Waals surface area contributed by atoms with Crippen molar-refractivity contribution >= 4 is 17.8 Å². The molecule has 108 valence electrons. The van der Waals surface area contributed by atoms with Crippen LogP contribution in [0.3, 0.4) is 0 Å². The highest BCUT2D eigenvalue weighted by Gasteiger charge is 2.36. The predicted molar refractivity (Wildman–Crippen MR) is 69.5 cm³/mol. The van der Waals surface area contributed by atoms with Crippen molar-refractivity contribution in [1.82, 2.24) is 9.80 Å². The Labute approximate surface area is 113 Å². The lowest BCUT2D eigenvalue weighted by molar-refractivity contribution is -0.142. The van der Waals surface area contributed by atoms with Crippen LogP contribution in [0.5, 0.6) is 0 Å². The molecule has 0 aliphatic carbocycles. The minimum Gasteiger partial charge on any atom is -0.382 e. The summed E-state index contributed by atoms with van der Waals surface area (Å²) in [6.45, 7) is 5.71. The standard InChI is InChI=1S/C13H22N2O4/c1-3-5-7-14-11(16)10-12(17)15(13(14)18)8-6-9-19-4-2/h3-10H2,1-2H3. The third-order valence-corrected chi connectivity index (χ3v) is 2.98. The normalized spacial score (nSPS) is 16.4. The molecule has 0 N–H and O–H groups in total. The van der Waals surface area contributed by atoms with E-state index in [9.17, 15) is 14.4 Å². The Balaban J connectivity index is 2.56. The first-order valence-corrected chi connectivity index (χ1v) is 6.84. The van der Waals surface area contributed by atoms with Crippen LogP contribution in [0, 0.1) is 0 Å². The number of hydrogen-bond acceptors (Lipinski definition) is 4. The molecule has 0 aromatic rings. The molecule has 1 heterocycles. The smallest absolute Gasteiger partial charge is 0.333 e. The molecule has 1 rings (SSSR count). The first kappa shape index (κ1) is 15.6. The summed E-state index contributed by atoms with van der Waals surface area (Å²) in [5.74, 6) is -0.788. The number of nitrogens with zero attached hydrogens (tertiary/aromatic N) is 2. The maximum atomic E-state index is 12.1. The summed E-state index contributed by atoms with van der Waals surface area (Å²) in [6, 6.07) is -0.480. The molecular formula is C13H22N2O4. The zero-order valence-corrected chi connectivity index (χ0v) is 11.7. The van der Waals surface area contributed by atoms with Crippen molar-refractivity contribution in [1.29, 1.82) is 0 Å². The number of imide groups is 2. The summed E-state index contributed by atoms with van der Waals surface area (Å²) in [5, 5.41) is 0. The minimum absolute atomic E-state index is 0.204. The van der Waals surface area contributed by atoms with E-state index in [4.69, 9.17) is 4.74 Å². The van der Waals surface area contributed by atoms with Gasteiger partial charge in [0.1, 0.15) is 6.42 Å². The summed E-state index contributed by atoms with van der Waals surface area (Å²) < 4.78 is 5.18. The molecule has 0 aromatic heterocycles. The number of urea groups is 1. The Morgan fingerprint density at radius 1 is 1.00 bits per heavy atom. The first-order valence-electron chi connectivity index (χ1n) is 6.84. The van der Waals surface area contributed by atoms with E-state index in [2.05, 4.69) is 0 Å². The van der Waals surface area contributed by atoms with Gasteiger partial charge in [-0.2, -0.15) is 0 Å². The van der Waals surface area contributed by atoms with Gasteiger partial charge in [-0.1, -0.05) is 13.3 Å². The average Bonchev–Trinajstić information content (AvgIpc) is 2.37. The molecule has 0 spiro atoms. The summed E-state index contributed by atoms with van der Waals surface area (Å²) in [5.41, 5.74) is 0. The average molecular weight is 270 g/mol. The lowest BCUT2D eigenvalue weighted by Gasteiger charge is -2.32. The van der Waals surface area contributed by atoms with Crippen LogP contribution < -0.4 is 0 Å². The SMILES string of the molecule is CCCCN1C(=O)CC(=O)N(CCCOCC)C1=O. The zero-order valence-electron chi connectivity index (χ0n) is 11.7. The second-order valence-corrected chi connectivity index (χ2v) is 4.45. The van der Waals surface area contributed by atoms with Gasteiger partial charge in [0.25, 0.3) is 0 Å². The number of carbonyl (C=O) groups excluding carboxylic acids is 3. The Morgan fingerprint density at radius 3 is 2.11 bits per heavy atom. The van der Waals surface area contributed by atoms with E-state index in [-0.39, 0.29) is 12.3 Å². The van der Waals surface area contributed by atoms with E-state index < -0.39 is 11.9 Å². The molecule has 6 heteroatoms. The van der Waals surface area contributed by atoms with Crippen molar-refractivity contribution in [2.24, 2.45) is 0 Å². The Bertz CT molecular complexity index is 344. The van der Waals surface area contributed by atoms with E-state index >= 15 is 0 Å². The number of ether oxygens (including phenoxy) is 1. The number of carbonyl (C=O) groups is 3. The molecule has 1 fully saturated rings. The van der Waals surface area contributed by atoms with Gasteiger partial charge in [0.05, 0.1) is 0 Å². The molecule has 0 aromatic carbocycles. The van der Waals surface area contributed by atoms with Crippen LogP contribution in [0.4, 0.5) is 4.79 Å². The van der Waals surface area contributed by atoms with Gasteiger partial charge in [0, 0.05) is 26.3 Å². The lowest BCUT2D eigenvalue weighted by atomic mass is 10.2. The van der Waals surface area contributed by atoms with Crippen LogP contribution in [-0.4, -0.2) is 53.9 Å². The van der Waals surface area contributed by atoms with Gasteiger partial charge in [0.2, 0.25) is 11.8 Å². The second-order valence-electron chi connectivity index (χ2n) is 4.45. The first-order chi connectivity index (χ1) is 9.11. The molecule has 4 amide bonds. The summed E-state index contributed by atoms with van der Waals surface area (Å²) in [7, 11) is 0. The monoisotopic (exact) mass is 270 g/mol. The summed E-state index contributed by atoms with van der Waals surface area (Å²) in [4.78, 5) is 37.8. The maximum Gasteiger partial charge on any atom is 0.333 e. The van der Waals surface area contributed by atoms with Crippen molar-refractivity contribution in [3.05, 3.63) is 0 Å². The van der Waals surface area contributed by atoms with Gasteiger partial charge in [-0.3, -0.25) is 19.4 Å². The number of barbiturate groups is 1. The molecular weight excluding hydrogens is 248 g/mol. The van der Waals surface area contributed by atoms with Crippen molar-refractivity contribution in [3.8, 4) is 0 Å². The van der Waals surface area contributed by atoms with E-state index in [1.807, 2.05) is 13.8 Å². The summed E-state index contributed by atoms with van der Waals surface area (Å²) >= 11 is 0. The van der Waals surface area contributed by atoms with E-state index in [0.717, 1.165) is 17.7 Å². The van der Waals surface area contributed by atoms with Gasteiger partial charge < -0.3 is 4.74 Å². The lowest BCUT2D eigenvalue weighted by Crippen LogP contribution is -2.55. The van der Waals surface area contributed by atoms with Gasteiger partial charge in [0.15, 0.2) is 0 Å². The highest BCUT2D eigenvalue weighted by molar-refractivity contribution is 6.14. The Morgan fingerprint density at radius 2 is 1.58 bits per heavy atom. The molecule has 1 aliphatic rings. The number of unbranched alkanes of at least 4 members (excludes halogenated alkanes) is 1. The molecule has 1 aliphatic heterocycles. The Kier molecular flexibility index (Phi) is 6.49. The topological polar surface area (TPSA) is 66.9 Å². The highest BCUT2D eigenvalue weighted by atomic mass is 16.5. The molecule has 1 saturated heterocycles. The third-order valence-electron chi connectivity index (χ3n) is 2.98. The zero-order chi connectivity index (χ0) is 14.3. The van der Waals surface area contributed by atoms with Crippen molar-refractivity contribution < 1.29 is 19.1 Å². The molecule has 6 nitrogen and oxygen atoms in total. The fourth-order valence-electron chi connectivity index (χ4n) is 1.91. The van der Waals surface area contributed by atoms with Crippen LogP contribution in [0.15, 0.2) is 0 Å². The molecule has 19 heavy (non-hydrogen) atoms. The van der Waals surface area contributed by atoms with Crippen molar-refractivity contribution in [3.63, 3.8) is 0 Å². The van der Waals surface area contributed by atoms with Crippen LogP contribution in [0.1, 0.15) is 39.5 Å². The molecule has 0 saturated carbocycles. The Hall–Kier alpha value is -1.43. The van der Waals surface area contributed by atoms with E-state index in [1.54, 1.807) is 0 Å². The predicted octanol–water partition coefficient (Wildman–Crippen LogP) is 1.39. The van der Waals surface area contributed by atoms with Gasteiger partial charge in [-0.05, 0) is 19.8 Å². The molecule has 0 atom stereocenters. The summed E-state index contributed by atoms with van der Waals surface area (Å²) in [6.07, 6.45) is 2.05. The van der Waals surface area contributed by atoms with Crippen LogP contribution in [-0.2, 0) is 14.3 Å². The maximum absolute atomic E-state index is 12.1. The van der Waals surface area contributed by atoms with Gasteiger partial charge in [-0.15, -0.1) is 0 Å². The number of rotatable bonds is 8. The van der Waals surface area contributed by atoms with Gasteiger partial charge in [-0.25, -0.2) is 4.79 Å². The number of hydrogen-bond donors (Lipinski definition) is 0. The van der Waals surface area contributed by atoms with Crippen LogP contribution in [0.2, 0.25) is 0 Å². The number of amides is 4. The molecule has 0 radical (unpaired) electrons. The minimum atomic E-state index is -0.480. The quantitative estimate of drug-likeness (QED) is 0.494.